The number of nitrogens with zero attached hydrogens (tertiary/aromatic N) is 1. The Morgan fingerprint density at radius 3 is 2.65 bits per heavy atom. The predicted molar refractivity (Wildman–Crippen MR) is 78.9 cm³/mol. The van der Waals surface area contributed by atoms with Crippen molar-refractivity contribution in [2.75, 3.05) is 7.11 Å². The van der Waals surface area contributed by atoms with Gasteiger partial charge in [-0.1, -0.05) is 12.1 Å². The molecule has 0 aliphatic carbocycles. The van der Waals surface area contributed by atoms with Crippen LogP contribution in [0, 0.1) is 17.1 Å². The number of carbonyl (C=O) groups is 2. The summed E-state index contributed by atoms with van der Waals surface area (Å²) in [5.74, 6) is -1.54. The highest BCUT2D eigenvalue weighted by Gasteiger charge is 2.23. The summed E-state index contributed by atoms with van der Waals surface area (Å²) in [4.78, 5) is 26.6. The van der Waals surface area contributed by atoms with Gasteiger partial charge in [0.15, 0.2) is 0 Å². The van der Waals surface area contributed by atoms with Gasteiger partial charge in [0, 0.05) is 12.6 Å². The third-order valence-electron chi connectivity index (χ3n) is 3.20. The molecular weight excluding hydrogens is 301 g/mol. The second kappa shape index (κ2) is 7.22. The molecule has 2 aromatic rings. The Bertz CT molecular complexity index is 747. The predicted octanol–water partition coefficient (Wildman–Crippen LogP) is 1.54. The molecular formula is C16H14FN3O3. The Kier molecular flexibility index (Phi) is 5.10. The molecule has 1 atom stereocenters. The van der Waals surface area contributed by atoms with Gasteiger partial charge in [-0.3, -0.25) is 4.79 Å². The number of hydrogen-bond donors (Lipinski definition) is 2. The molecule has 0 saturated carbocycles. The summed E-state index contributed by atoms with van der Waals surface area (Å²) in [5.41, 5.74) is 1.14. The molecule has 0 saturated heterocycles. The van der Waals surface area contributed by atoms with E-state index in [2.05, 4.69) is 15.0 Å². The standard InChI is InChI=1S/C16H14FN3O3/c1-23-16(22)14(6-10-2-4-12(17)5-3-10)20-15(21)13-7-11(8-18)9-19-13/h2-5,7,9,14,19H,6H2,1H3,(H,20,21)/t14-/m0/s1. The smallest absolute Gasteiger partial charge is 0.328 e. The lowest BCUT2D eigenvalue weighted by molar-refractivity contribution is -0.142. The van der Waals surface area contributed by atoms with E-state index in [0.717, 1.165) is 0 Å². The van der Waals surface area contributed by atoms with Crippen molar-refractivity contribution in [3.8, 4) is 6.07 Å². The molecule has 1 amide bonds. The minimum atomic E-state index is -0.924. The number of carbonyl (C=O) groups excluding carboxylic acids is 2. The maximum Gasteiger partial charge on any atom is 0.328 e. The number of H-pyrrole nitrogens is 1. The summed E-state index contributed by atoms with van der Waals surface area (Å²) in [6.45, 7) is 0. The highest BCUT2D eigenvalue weighted by molar-refractivity contribution is 5.95. The quantitative estimate of drug-likeness (QED) is 0.818. The monoisotopic (exact) mass is 315 g/mol. The Labute approximate surface area is 131 Å². The van der Waals surface area contributed by atoms with Crippen LogP contribution in [0.5, 0.6) is 0 Å². The van der Waals surface area contributed by atoms with E-state index in [9.17, 15) is 14.0 Å². The summed E-state index contributed by atoms with van der Waals surface area (Å²) in [7, 11) is 1.22. The topological polar surface area (TPSA) is 95.0 Å². The van der Waals surface area contributed by atoms with Gasteiger partial charge < -0.3 is 15.0 Å². The number of esters is 1. The average molecular weight is 315 g/mol. The lowest BCUT2D eigenvalue weighted by Crippen LogP contribution is -2.43. The fourth-order valence-corrected chi connectivity index (χ4v) is 2.02. The number of ether oxygens (including phenoxy) is 1. The van der Waals surface area contributed by atoms with Crippen LogP contribution in [0.2, 0.25) is 0 Å². The molecule has 0 radical (unpaired) electrons. The first-order valence-corrected chi connectivity index (χ1v) is 6.75. The SMILES string of the molecule is COC(=O)[C@H](Cc1ccc(F)cc1)NC(=O)c1cc(C#N)c[nH]1. The van der Waals surface area contributed by atoms with Crippen LogP contribution in [0.15, 0.2) is 36.5 Å². The van der Waals surface area contributed by atoms with Crippen molar-refractivity contribution in [2.45, 2.75) is 12.5 Å². The van der Waals surface area contributed by atoms with Crippen molar-refractivity contribution in [1.82, 2.24) is 10.3 Å². The molecule has 6 nitrogen and oxygen atoms in total. The second-order valence-electron chi connectivity index (χ2n) is 4.79. The number of aromatic nitrogens is 1. The van der Waals surface area contributed by atoms with Gasteiger partial charge in [-0.15, -0.1) is 0 Å². The van der Waals surface area contributed by atoms with Crippen LogP contribution < -0.4 is 5.32 Å². The molecule has 118 valence electrons. The van der Waals surface area contributed by atoms with Crippen molar-refractivity contribution in [1.29, 1.82) is 5.26 Å². The fourth-order valence-electron chi connectivity index (χ4n) is 2.02. The van der Waals surface area contributed by atoms with Crippen molar-refractivity contribution in [3.63, 3.8) is 0 Å². The molecule has 0 bridgehead atoms. The number of methoxy groups -OCH3 is 1. The van der Waals surface area contributed by atoms with Crippen LogP contribution >= 0.6 is 0 Å². The maximum atomic E-state index is 12.9. The summed E-state index contributed by atoms with van der Waals surface area (Å²) in [6.07, 6.45) is 1.55. The van der Waals surface area contributed by atoms with Gasteiger partial charge in [-0.2, -0.15) is 5.26 Å². The van der Waals surface area contributed by atoms with Crippen LogP contribution in [0.25, 0.3) is 0 Å². The van der Waals surface area contributed by atoms with E-state index in [1.165, 1.54) is 43.6 Å². The summed E-state index contributed by atoms with van der Waals surface area (Å²) in [5, 5.41) is 11.3. The Balaban J connectivity index is 2.12. The van der Waals surface area contributed by atoms with E-state index < -0.39 is 17.9 Å². The second-order valence-corrected chi connectivity index (χ2v) is 4.79. The Morgan fingerprint density at radius 2 is 2.09 bits per heavy atom. The van der Waals surface area contributed by atoms with E-state index in [1.54, 1.807) is 0 Å². The van der Waals surface area contributed by atoms with E-state index in [1.807, 2.05) is 6.07 Å². The van der Waals surface area contributed by atoms with Crippen LogP contribution in [-0.2, 0) is 16.0 Å². The Morgan fingerprint density at radius 1 is 1.39 bits per heavy atom. The van der Waals surface area contributed by atoms with E-state index in [4.69, 9.17) is 5.26 Å². The minimum Gasteiger partial charge on any atom is -0.467 e. The lowest BCUT2D eigenvalue weighted by atomic mass is 10.1. The molecule has 0 spiro atoms. The highest BCUT2D eigenvalue weighted by Crippen LogP contribution is 2.08. The zero-order valence-corrected chi connectivity index (χ0v) is 12.3. The largest absolute Gasteiger partial charge is 0.467 e. The number of benzene rings is 1. The molecule has 0 unspecified atom stereocenters. The van der Waals surface area contributed by atoms with Crippen LogP contribution in [-0.4, -0.2) is 30.0 Å². The summed E-state index contributed by atoms with van der Waals surface area (Å²) in [6, 6.07) is 7.95. The van der Waals surface area contributed by atoms with E-state index >= 15 is 0 Å². The molecule has 2 rings (SSSR count). The number of amides is 1. The first kappa shape index (κ1) is 16.2. The van der Waals surface area contributed by atoms with Gasteiger partial charge in [0.1, 0.15) is 23.6 Å². The molecule has 2 N–H and O–H groups in total. The van der Waals surface area contributed by atoms with Crippen LogP contribution in [0.4, 0.5) is 4.39 Å². The minimum absolute atomic E-state index is 0.157. The van der Waals surface area contributed by atoms with Crippen LogP contribution in [0.3, 0.4) is 0 Å². The van der Waals surface area contributed by atoms with Gasteiger partial charge in [0.2, 0.25) is 0 Å². The summed E-state index contributed by atoms with van der Waals surface area (Å²) >= 11 is 0. The van der Waals surface area contributed by atoms with Gasteiger partial charge >= 0.3 is 5.97 Å². The van der Waals surface area contributed by atoms with Crippen LogP contribution in [0.1, 0.15) is 21.6 Å². The van der Waals surface area contributed by atoms with Gasteiger partial charge in [-0.25, -0.2) is 9.18 Å². The number of nitriles is 1. The van der Waals surface area contributed by atoms with Crippen molar-refractivity contribution >= 4 is 11.9 Å². The van der Waals surface area contributed by atoms with E-state index in [-0.39, 0.29) is 17.9 Å². The van der Waals surface area contributed by atoms with Gasteiger partial charge in [0.25, 0.3) is 5.91 Å². The third kappa shape index (κ3) is 4.17. The molecule has 1 aromatic heterocycles. The average Bonchev–Trinajstić information content (AvgIpc) is 3.04. The van der Waals surface area contributed by atoms with Crippen molar-refractivity contribution < 1.29 is 18.7 Å². The van der Waals surface area contributed by atoms with Gasteiger partial charge in [-0.05, 0) is 23.8 Å². The molecule has 7 heteroatoms. The molecule has 23 heavy (non-hydrogen) atoms. The zero-order valence-electron chi connectivity index (χ0n) is 12.3. The number of rotatable bonds is 5. The maximum absolute atomic E-state index is 12.9. The number of halogens is 1. The first-order chi connectivity index (χ1) is 11.0. The summed E-state index contributed by atoms with van der Waals surface area (Å²) < 4.78 is 17.6. The lowest BCUT2D eigenvalue weighted by Gasteiger charge is -2.16. The molecule has 1 heterocycles. The molecule has 0 aliphatic rings. The molecule has 0 fully saturated rings. The zero-order chi connectivity index (χ0) is 16.8. The Hall–Kier alpha value is -3.14. The molecule has 0 aliphatic heterocycles. The number of nitrogens with one attached hydrogen (secondary N) is 2. The number of aromatic amines is 1. The normalized spacial score (nSPS) is 11.3. The van der Waals surface area contributed by atoms with Gasteiger partial charge in [0.05, 0.1) is 12.7 Å². The van der Waals surface area contributed by atoms with Crippen molar-refractivity contribution in [2.24, 2.45) is 0 Å². The van der Waals surface area contributed by atoms with Crippen molar-refractivity contribution in [3.05, 3.63) is 59.2 Å². The number of hydrogen-bond acceptors (Lipinski definition) is 4. The molecule has 1 aromatic carbocycles. The highest BCUT2D eigenvalue weighted by atomic mass is 19.1. The fraction of sp³-hybridized carbons (Fsp3) is 0.188. The van der Waals surface area contributed by atoms with E-state index in [0.29, 0.717) is 11.1 Å². The first-order valence-electron chi connectivity index (χ1n) is 6.75. The third-order valence-corrected chi connectivity index (χ3v) is 3.20.